The molecule has 4 aliphatic rings. The van der Waals surface area contributed by atoms with Crippen molar-refractivity contribution in [3.63, 3.8) is 0 Å². The molecule has 3 aliphatic carbocycles. The number of halogens is 1. The highest BCUT2D eigenvalue weighted by Gasteiger charge is 2.56. The van der Waals surface area contributed by atoms with Crippen molar-refractivity contribution in [2.45, 2.75) is 25.3 Å². The Labute approximate surface area is 239 Å². The van der Waals surface area contributed by atoms with Gasteiger partial charge in [0.2, 0.25) is 11.8 Å². The van der Waals surface area contributed by atoms with Gasteiger partial charge in [0.1, 0.15) is 17.2 Å². The van der Waals surface area contributed by atoms with Gasteiger partial charge in [-0.15, -0.1) is 0 Å². The zero-order valence-electron chi connectivity index (χ0n) is 21.8. The molecule has 2 aromatic rings. The first-order chi connectivity index (χ1) is 19.2. The van der Waals surface area contributed by atoms with Gasteiger partial charge < -0.3 is 14.6 Å². The Morgan fingerprint density at radius 3 is 2.45 bits per heavy atom. The molecular formula is C31H26BrNO7. The van der Waals surface area contributed by atoms with Crippen molar-refractivity contribution in [2.24, 2.45) is 17.8 Å². The summed E-state index contributed by atoms with van der Waals surface area (Å²) in [5.74, 6) is -3.34. The van der Waals surface area contributed by atoms with Gasteiger partial charge in [0, 0.05) is 40.8 Å². The topological polar surface area (TPSA) is 110 Å². The lowest BCUT2D eigenvalue weighted by molar-refractivity contribution is -0.140. The molecule has 40 heavy (non-hydrogen) atoms. The van der Waals surface area contributed by atoms with Gasteiger partial charge in [-0.25, -0.2) is 0 Å². The summed E-state index contributed by atoms with van der Waals surface area (Å²) < 4.78 is 11.1. The molecule has 2 aromatic carbocycles. The molecule has 0 radical (unpaired) electrons. The molecule has 2 amide bonds. The van der Waals surface area contributed by atoms with Crippen LogP contribution in [0.5, 0.6) is 17.2 Å². The number of hydrogen-bond donors (Lipinski definition) is 1. The van der Waals surface area contributed by atoms with Crippen LogP contribution in [0.1, 0.15) is 29.9 Å². The molecule has 0 saturated carbocycles. The molecule has 1 N–H and O–H groups in total. The van der Waals surface area contributed by atoms with Crippen LogP contribution in [-0.2, 0) is 25.7 Å². The molecule has 9 heteroatoms. The smallest absolute Gasteiger partial charge is 0.234 e. The third kappa shape index (κ3) is 3.94. The lowest BCUT2D eigenvalue weighted by Gasteiger charge is -2.42. The molecule has 0 unspecified atom stereocenters. The fourth-order valence-corrected chi connectivity index (χ4v) is 7.14. The van der Waals surface area contributed by atoms with Crippen LogP contribution in [0, 0.1) is 17.8 Å². The number of fused-ring (bicyclic) bond motifs is 3. The molecule has 0 aromatic heterocycles. The summed E-state index contributed by atoms with van der Waals surface area (Å²) in [5.41, 5.74) is 2.43. The summed E-state index contributed by atoms with van der Waals surface area (Å²) in [6.45, 7) is 0.170. The maximum atomic E-state index is 13.9. The first kappa shape index (κ1) is 26.3. The normalized spacial score (nSPS) is 25.7. The van der Waals surface area contributed by atoms with Crippen LogP contribution < -0.4 is 9.47 Å². The summed E-state index contributed by atoms with van der Waals surface area (Å²) >= 11 is 3.23. The number of likely N-dealkylation sites (tertiary alicyclic amines) is 1. The first-order valence-electron chi connectivity index (χ1n) is 13.0. The van der Waals surface area contributed by atoms with E-state index in [0.717, 1.165) is 11.1 Å². The number of methoxy groups -OCH3 is 2. The highest BCUT2D eigenvalue weighted by Crippen LogP contribution is 2.58. The zero-order valence-corrected chi connectivity index (χ0v) is 23.4. The second kappa shape index (κ2) is 9.89. The lowest BCUT2D eigenvalue weighted by Crippen LogP contribution is -2.39. The van der Waals surface area contributed by atoms with Crippen molar-refractivity contribution in [3.05, 3.63) is 86.9 Å². The molecule has 204 valence electrons. The Balaban J connectivity index is 1.49. The maximum absolute atomic E-state index is 13.9. The van der Waals surface area contributed by atoms with E-state index < -0.39 is 23.7 Å². The number of imide groups is 1. The van der Waals surface area contributed by atoms with E-state index >= 15 is 0 Å². The van der Waals surface area contributed by atoms with Gasteiger partial charge in [-0.1, -0.05) is 42.0 Å². The Morgan fingerprint density at radius 1 is 1.00 bits per heavy atom. The van der Waals surface area contributed by atoms with E-state index in [1.165, 1.54) is 31.3 Å². The number of Topliss-reactive ketones (excluding diaryl/α,β-unsaturated/α-hetero) is 1. The van der Waals surface area contributed by atoms with E-state index in [1.807, 2.05) is 36.4 Å². The summed E-state index contributed by atoms with van der Waals surface area (Å²) in [5, 5.41) is 11.2. The summed E-state index contributed by atoms with van der Waals surface area (Å²) in [6, 6.07) is 12.4. The third-order valence-corrected chi connectivity index (χ3v) is 9.03. The molecular weight excluding hydrogens is 578 g/mol. The van der Waals surface area contributed by atoms with Crippen molar-refractivity contribution in [2.75, 3.05) is 14.2 Å². The van der Waals surface area contributed by atoms with Crippen LogP contribution in [0.25, 0.3) is 0 Å². The number of benzene rings is 2. The van der Waals surface area contributed by atoms with Gasteiger partial charge >= 0.3 is 0 Å². The number of phenols is 1. The van der Waals surface area contributed by atoms with Gasteiger partial charge in [0.05, 0.1) is 37.1 Å². The number of carbonyl (C=O) groups excluding carboxylic acids is 4. The van der Waals surface area contributed by atoms with Crippen LogP contribution in [-0.4, -0.2) is 47.6 Å². The second-order valence-electron chi connectivity index (χ2n) is 10.4. The molecule has 1 fully saturated rings. The van der Waals surface area contributed by atoms with Gasteiger partial charge in [-0.2, -0.15) is 0 Å². The second-order valence-corrected chi connectivity index (χ2v) is 11.3. The van der Waals surface area contributed by atoms with Crippen molar-refractivity contribution in [1.82, 2.24) is 4.90 Å². The molecule has 1 saturated heterocycles. The quantitative estimate of drug-likeness (QED) is 0.307. The predicted molar refractivity (Wildman–Crippen MR) is 148 cm³/mol. The number of nitrogens with zero attached hydrogens (tertiary/aromatic N) is 1. The van der Waals surface area contributed by atoms with Crippen LogP contribution >= 0.6 is 15.9 Å². The highest BCUT2D eigenvalue weighted by atomic mass is 79.9. The molecule has 4 atom stereocenters. The van der Waals surface area contributed by atoms with Gasteiger partial charge in [0.25, 0.3) is 0 Å². The monoisotopic (exact) mass is 603 g/mol. The minimum atomic E-state index is -0.838. The Kier molecular flexibility index (Phi) is 6.49. The molecule has 1 heterocycles. The van der Waals surface area contributed by atoms with E-state index in [4.69, 9.17) is 9.47 Å². The first-order valence-corrected chi connectivity index (χ1v) is 13.8. The van der Waals surface area contributed by atoms with Gasteiger partial charge in [0.15, 0.2) is 11.6 Å². The van der Waals surface area contributed by atoms with Gasteiger partial charge in [-0.05, 0) is 40.3 Å². The van der Waals surface area contributed by atoms with Crippen LogP contribution in [0.2, 0.25) is 0 Å². The fourth-order valence-electron chi connectivity index (χ4n) is 6.69. The van der Waals surface area contributed by atoms with E-state index in [1.54, 1.807) is 6.07 Å². The van der Waals surface area contributed by atoms with Gasteiger partial charge in [-0.3, -0.25) is 24.1 Å². The number of amides is 2. The number of hydrogen-bond acceptors (Lipinski definition) is 7. The number of rotatable bonds is 5. The van der Waals surface area contributed by atoms with Crippen LogP contribution in [0.15, 0.2) is 75.8 Å². The van der Waals surface area contributed by atoms with E-state index in [9.17, 15) is 24.3 Å². The van der Waals surface area contributed by atoms with E-state index in [0.29, 0.717) is 17.7 Å². The number of allylic oxidation sites excluding steroid dienone is 6. The van der Waals surface area contributed by atoms with Crippen molar-refractivity contribution in [3.8, 4) is 17.2 Å². The number of carbonyl (C=O) groups is 4. The minimum Gasteiger partial charge on any atom is -0.507 e. The van der Waals surface area contributed by atoms with Crippen molar-refractivity contribution < 1.29 is 33.8 Å². The predicted octanol–water partition coefficient (Wildman–Crippen LogP) is 4.37. The number of phenolic OH excluding ortho intramolecular Hbond substituents is 1. The summed E-state index contributed by atoms with van der Waals surface area (Å²) in [7, 11) is 2.91. The SMILES string of the molecule is COc1cc(O)c([C@H]2C3=CC[C@@H]4C(=O)N(Cc5ccccc5)C(=O)[C@@H]4[C@@H]3CC3=C2C(=O)C=C(Br)C3=O)c(OC)c1. The molecule has 0 spiro atoms. The van der Waals surface area contributed by atoms with E-state index in [-0.39, 0.29) is 63.5 Å². The summed E-state index contributed by atoms with van der Waals surface area (Å²) in [6.07, 6.45) is 3.61. The molecule has 6 rings (SSSR count). The minimum absolute atomic E-state index is 0.139. The fraction of sp³-hybridized carbons (Fsp3) is 0.290. The van der Waals surface area contributed by atoms with E-state index in [2.05, 4.69) is 15.9 Å². The van der Waals surface area contributed by atoms with Crippen molar-refractivity contribution >= 4 is 39.3 Å². The number of ether oxygens (including phenoxy) is 2. The maximum Gasteiger partial charge on any atom is 0.234 e. The molecule has 0 bridgehead atoms. The number of aromatic hydroxyl groups is 1. The molecule has 1 aliphatic heterocycles. The largest absolute Gasteiger partial charge is 0.507 e. The third-order valence-electron chi connectivity index (χ3n) is 8.44. The Hall–Kier alpha value is -3.98. The Bertz CT molecular complexity index is 1570. The highest BCUT2D eigenvalue weighted by molar-refractivity contribution is 9.12. The Morgan fingerprint density at radius 2 is 1.75 bits per heavy atom. The van der Waals surface area contributed by atoms with Crippen LogP contribution in [0.4, 0.5) is 0 Å². The number of ketones is 2. The average molecular weight is 604 g/mol. The zero-order chi connectivity index (χ0) is 28.3. The lowest BCUT2D eigenvalue weighted by atomic mass is 9.59. The standard InChI is InChI=1S/C31H26BrNO7/c1-39-16-10-22(34)28(24(11-16)40-2)27-17-8-9-18-25(19(17)12-20-26(27)23(35)13-21(32)29(20)36)31(38)33(30(18)37)14-15-6-4-3-5-7-15/h3-8,10-11,13,18-19,25,27,34H,9,12,14H2,1-2H3/t18-,19+,25-,27-/m0/s1. The van der Waals surface area contributed by atoms with Crippen molar-refractivity contribution in [1.29, 1.82) is 0 Å². The summed E-state index contributed by atoms with van der Waals surface area (Å²) in [4.78, 5) is 55.6. The molecule has 8 nitrogen and oxygen atoms in total. The van der Waals surface area contributed by atoms with Crippen LogP contribution in [0.3, 0.4) is 0 Å². The average Bonchev–Trinajstić information content (AvgIpc) is 3.20.